The molecule has 0 unspecified atom stereocenters. The summed E-state index contributed by atoms with van der Waals surface area (Å²) in [6.45, 7) is 27.9. The minimum absolute atomic E-state index is 0.0190. The summed E-state index contributed by atoms with van der Waals surface area (Å²) in [5.41, 5.74) is 19.2. The molecule has 1 aromatic heterocycles. The maximum atomic E-state index is 2.58. The van der Waals surface area contributed by atoms with Crippen LogP contribution >= 0.6 is 0 Å². The molecule has 0 amide bonds. The zero-order valence-corrected chi connectivity index (χ0v) is 39.0. The van der Waals surface area contributed by atoms with Crippen molar-refractivity contribution in [2.45, 2.75) is 118 Å². The van der Waals surface area contributed by atoms with E-state index < -0.39 is 0 Å². The molecule has 0 bridgehead atoms. The number of hydrogen-bond donors (Lipinski definition) is 0. The minimum atomic E-state index is -0.0190. The molecule has 1 aliphatic carbocycles. The first kappa shape index (κ1) is 40.3. The third-order valence-electron chi connectivity index (χ3n) is 13.8. The molecule has 0 radical (unpaired) electrons. The van der Waals surface area contributed by atoms with Crippen molar-refractivity contribution >= 4 is 80.3 Å². The molecule has 62 heavy (non-hydrogen) atoms. The highest BCUT2D eigenvalue weighted by Gasteiger charge is 2.45. The van der Waals surface area contributed by atoms with E-state index in [9.17, 15) is 0 Å². The second-order valence-electron chi connectivity index (χ2n) is 22.3. The van der Waals surface area contributed by atoms with Crippen molar-refractivity contribution in [2.75, 3.05) is 9.80 Å². The van der Waals surface area contributed by atoms with Gasteiger partial charge in [0.05, 0.1) is 11.2 Å². The average molecular weight is 812 g/mol. The molecule has 7 aromatic rings. The first-order chi connectivity index (χ1) is 29.3. The number of fused-ring (bicyclic) bond motifs is 7. The van der Waals surface area contributed by atoms with Crippen molar-refractivity contribution in [1.82, 2.24) is 4.57 Å². The van der Waals surface area contributed by atoms with E-state index in [1.165, 1.54) is 99.9 Å². The number of hydrogen-bond acceptors (Lipinski definition) is 2. The Morgan fingerprint density at radius 2 is 0.855 bits per heavy atom. The van der Waals surface area contributed by atoms with Gasteiger partial charge in [-0.3, -0.25) is 0 Å². The maximum absolute atomic E-state index is 2.58. The number of rotatable bonds is 3. The van der Waals surface area contributed by atoms with Crippen LogP contribution in [0, 0.1) is 0 Å². The molecule has 0 spiro atoms. The summed E-state index contributed by atoms with van der Waals surface area (Å²) in [5, 5.41) is 3.95. The summed E-state index contributed by atoms with van der Waals surface area (Å²) < 4.78 is 2.55. The van der Waals surface area contributed by atoms with E-state index in [0.29, 0.717) is 0 Å². The van der Waals surface area contributed by atoms with E-state index in [2.05, 4.69) is 231 Å². The van der Waals surface area contributed by atoms with Gasteiger partial charge in [-0.15, -0.1) is 0 Å². The fraction of sp³-hybridized carbons (Fsp3) is 0.310. The molecule has 0 saturated heterocycles. The third kappa shape index (κ3) is 6.47. The van der Waals surface area contributed by atoms with Crippen molar-refractivity contribution in [3.05, 3.63) is 154 Å². The molecule has 3 nitrogen and oxygen atoms in total. The molecular weight excluding hydrogens is 749 g/mol. The van der Waals surface area contributed by atoms with Crippen molar-refractivity contribution in [2.24, 2.45) is 0 Å². The van der Waals surface area contributed by atoms with Crippen LogP contribution in [0.1, 0.15) is 118 Å². The zero-order valence-electron chi connectivity index (χ0n) is 39.0. The van der Waals surface area contributed by atoms with Crippen LogP contribution in [0.15, 0.2) is 121 Å². The molecule has 0 N–H and O–H groups in total. The molecule has 2 aliphatic heterocycles. The highest BCUT2D eigenvalue weighted by atomic mass is 15.2. The first-order valence-electron chi connectivity index (χ1n) is 22.9. The van der Waals surface area contributed by atoms with E-state index in [0.717, 1.165) is 12.8 Å². The Balaban J connectivity index is 1.36. The monoisotopic (exact) mass is 812 g/mol. The molecule has 0 atom stereocenters. The van der Waals surface area contributed by atoms with Gasteiger partial charge in [0, 0.05) is 50.1 Å². The summed E-state index contributed by atoms with van der Waals surface area (Å²) in [6, 6.07) is 47.5. The van der Waals surface area contributed by atoms with Crippen LogP contribution in [0.2, 0.25) is 0 Å². The number of para-hydroxylation sites is 1. The van der Waals surface area contributed by atoms with Gasteiger partial charge in [-0.25, -0.2) is 0 Å². The van der Waals surface area contributed by atoms with Crippen LogP contribution in [0.25, 0.3) is 28.7 Å². The van der Waals surface area contributed by atoms with E-state index >= 15 is 0 Å². The largest absolute Gasteiger partial charge is 0.311 e. The van der Waals surface area contributed by atoms with E-state index in [-0.39, 0.29) is 28.4 Å². The standard InChI is InChI=1S/C58H62BN3/c1-55(2,3)37-21-27-41(28-22-37)60-50-31-25-39(57(7,8)9)33-46(50)59-47-34-40(58(10,11)12)26-32-51(47)61(42-29-23-38(24-30-42)56(4,5)6)53-36-43(35-52(60)54(53)59)62-48-19-15-13-17-44(48)45-18-14-16-20-49(45)62/h13,15,17-36H,14,16H2,1-12H3. The molecule has 6 aromatic carbocycles. The Morgan fingerprint density at radius 3 is 1.32 bits per heavy atom. The van der Waals surface area contributed by atoms with Crippen LogP contribution in [0.4, 0.5) is 34.1 Å². The van der Waals surface area contributed by atoms with Crippen molar-refractivity contribution in [3.8, 4) is 5.69 Å². The van der Waals surface area contributed by atoms with Crippen molar-refractivity contribution in [3.63, 3.8) is 0 Å². The fourth-order valence-corrected chi connectivity index (χ4v) is 10.3. The van der Waals surface area contributed by atoms with Crippen LogP contribution in [-0.2, 0) is 21.7 Å². The van der Waals surface area contributed by atoms with Gasteiger partial charge in [0.15, 0.2) is 0 Å². The molecule has 0 fully saturated rings. The highest BCUT2D eigenvalue weighted by Crippen LogP contribution is 2.47. The average Bonchev–Trinajstić information content (AvgIpc) is 3.56. The van der Waals surface area contributed by atoms with Crippen LogP contribution in [-0.4, -0.2) is 11.3 Å². The van der Waals surface area contributed by atoms with Crippen LogP contribution < -0.4 is 36.8 Å². The molecule has 3 heterocycles. The Hall–Kier alpha value is -5.74. The predicted molar refractivity (Wildman–Crippen MR) is 270 cm³/mol. The maximum Gasteiger partial charge on any atom is 0.252 e. The summed E-state index contributed by atoms with van der Waals surface area (Å²) in [7, 11) is 0. The lowest BCUT2D eigenvalue weighted by molar-refractivity contribution is 0.590. The van der Waals surface area contributed by atoms with Gasteiger partial charge >= 0.3 is 0 Å². The second-order valence-corrected chi connectivity index (χ2v) is 22.3. The smallest absolute Gasteiger partial charge is 0.252 e. The summed E-state index contributed by atoms with van der Waals surface area (Å²) in [6.07, 6.45) is 7.01. The lowest BCUT2D eigenvalue weighted by Crippen LogP contribution is -2.61. The van der Waals surface area contributed by atoms with Gasteiger partial charge < -0.3 is 14.4 Å². The molecule has 3 aliphatic rings. The van der Waals surface area contributed by atoms with Gasteiger partial charge in [-0.1, -0.05) is 162 Å². The number of anilines is 6. The van der Waals surface area contributed by atoms with Gasteiger partial charge in [-0.05, 0) is 128 Å². The molecule has 10 rings (SSSR count). The minimum Gasteiger partial charge on any atom is -0.311 e. The Bertz CT molecular complexity index is 2900. The summed E-state index contributed by atoms with van der Waals surface area (Å²) >= 11 is 0. The lowest BCUT2D eigenvalue weighted by Gasteiger charge is -2.45. The Kier molecular flexibility index (Phi) is 9.03. The van der Waals surface area contributed by atoms with Crippen LogP contribution in [0.5, 0.6) is 0 Å². The molecular formula is C58H62BN3. The molecule has 0 saturated carbocycles. The zero-order chi connectivity index (χ0) is 43.7. The third-order valence-corrected chi connectivity index (χ3v) is 13.8. The van der Waals surface area contributed by atoms with Crippen LogP contribution in [0.3, 0.4) is 0 Å². The summed E-state index contributed by atoms with van der Waals surface area (Å²) in [4.78, 5) is 5.17. The fourth-order valence-electron chi connectivity index (χ4n) is 10.3. The van der Waals surface area contributed by atoms with E-state index in [1.807, 2.05) is 0 Å². The normalized spacial score (nSPS) is 14.8. The van der Waals surface area contributed by atoms with Gasteiger partial charge in [0.1, 0.15) is 0 Å². The van der Waals surface area contributed by atoms with Gasteiger partial charge in [-0.2, -0.15) is 0 Å². The molecule has 312 valence electrons. The SMILES string of the molecule is CC(C)(C)c1ccc(N2c3ccc(C(C)(C)C)cc3B3c4cc(C(C)(C)C)ccc4N(c4ccc(C(C)(C)C)cc4)c4cc(-n5c6c(c7ccccc75)=CCCC=6)cc2c43)cc1. The van der Waals surface area contributed by atoms with Crippen molar-refractivity contribution in [1.29, 1.82) is 0 Å². The second kappa shape index (κ2) is 13.9. The molecule has 4 heteroatoms. The topological polar surface area (TPSA) is 11.4 Å². The number of benzene rings is 6. The number of nitrogens with zero attached hydrogens (tertiary/aromatic N) is 3. The highest BCUT2D eigenvalue weighted by molar-refractivity contribution is 7.00. The van der Waals surface area contributed by atoms with E-state index in [1.54, 1.807) is 0 Å². The summed E-state index contributed by atoms with van der Waals surface area (Å²) in [5.74, 6) is 0. The Morgan fingerprint density at radius 1 is 0.419 bits per heavy atom. The van der Waals surface area contributed by atoms with Gasteiger partial charge in [0.2, 0.25) is 0 Å². The lowest BCUT2D eigenvalue weighted by atomic mass is 9.33. The van der Waals surface area contributed by atoms with Crippen molar-refractivity contribution < 1.29 is 0 Å². The predicted octanol–water partition coefficient (Wildman–Crippen LogP) is 12.3. The Labute approximate surface area is 370 Å². The quantitative estimate of drug-likeness (QED) is 0.165. The first-order valence-corrected chi connectivity index (χ1v) is 22.9. The van der Waals surface area contributed by atoms with Gasteiger partial charge in [0.25, 0.3) is 6.71 Å². The number of aromatic nitrogens is 1. The van der Waals surface area contributed by atoms with E-state index in [4.69, 9.17) is 0 Å².